The molecule has 2 aliphatic heterocycles. The molecule has 0 spiro atoms. The van der Waals surface area contributed by atoms with Gasteiger partial charge in [0.25, 0.3) is 5.91 Å². The van der Waals surface area contributed by atoms with Crippen LogP contribution in [0.2, 0.25) is 10.0 Å². The van der Waals surface area contributed by atoms with Gasteiger partial charge in [0.1, 0.15) is 17.7 Å². The van der Waals surface area contributed by atoms with E-state index in [0.717, 1.165) is 30.1 Å². The summed E-state index contributed by atoms with van der Waals surface area (Å²) in [5.41, 5.74) is 2.73. The molecular formula is C18H20Cl2N3OS+. The number of halogens is 2. The molecule has 2 aromatic rings. The van der Waals surface area contributed by atoms with Crippen LogP contribution in [0.5, 0.6) is 0 Å². The molecule has 4 rings (SSSR count). The second kappa shape index (κ2) is 6.47. The summed E-state index contributed by atoms with van der Waals surface area (Å²) >= 11 is 14.3. The minimum atomic E-state index is -0.408. The van der Waals surface area contributed by atoms with Crippen molar-refractivity contribution in [1.82, 2.24) is 5.32 Å². The first-order valence-corrected chi connectivity index (χ1v) is 10.0. The molecule has 0 bridgehead atoms. The van der Waals surface area contributed by atoms with Crippen molar-refractivity contribution in [1.29, 1.82) is 0 Å². The number of carbonyl (C=O) groups excluding carboxylic acids is 1. The highest BCUT2D eigenvalue weighted by molar-refractivity contribution is 7.16. The standard InChI is InChI=1S/C18H19Cl2N3OS/c1-9(2)23-7-6-10-13(8-23)25-18-14(10)17(24)21-16(22-18)15-11(19)4-3-5-12(15)20/h3-5,9,16,22H,6-8H2,1-2H3,(H,21,24)/p+1/t16-/m0/s1. The third-order valence-corrected chi connectivity index (χ3v) is 6.88. The number of amides is 1. The summed E-state index contributed by atoms with van der Waals surface area (Å²) in [4.78, 5) is 15.7. The van der Waals surface area contributed by atoms with E-state index in [0.29, 0.717) is 21.7 Å². The number of benzene rings is 1. The van der Waals surface area contributed by atoms with Gasteiger partial charge in [0.2, 0.25) is 0 Å². The molecule has 1 unspecified atom stereocenters. The van der Waals surface area contributed by atoms with Gasteiger partial charge >= 0.3 is 0 Å². The highest BCUT2D eigenvalue weighted by atomic mass is 35.5. The molecule has 3 heterocycles. The molecule has 25 heavy (non-hydrogen) atoms. The fourth-order valence-corrected chi connectivity index (χ4v) is 5.58. The molecule has 132 valence electrons. The van der Waals surface area contributed by atoms with Crippen LogP contribution in [0.25, 0.3) is 0 Å². The number of carbonyl (C=O) groups is 1. The topological polar surface area (TPSA) is 45.6 Å². The van der Waals surface area contributed by atoms with E-state index in [4.69, 9.17) is 23.2 Å². The van der Waals surface area contributed by atoms with Crippen molar-refractivity contribution < 1.29 is 9.69 Å². The Balaban J connectivity index is 1.70. The van der Waals surface area contributed by atoms with Crippen molar-refractivity contribution >= 4 is 45.4 Å². The van der Waals surface area contributed by atoms with Crippen LogP contribution in [0.15, 0.2) is 18.2 Å². The predicted molar refractivity (Wildman–Crippen MR) is 103 cm³/mol. The molecule has 7 heteroatoms. The van der Waals surface area contributed by atoms with E-state index >= 15 is 0 Å². The molecule has 0 saturated heterocycles. The Hall–Kier alpha value is -1.27. The molecule has 2 aliphatic rings. The second-order valence-corrected chi connectivity index (χ2v) is 8.80. The van der Waals surface area contributed by atoms with E-state index < -0.39 is 6.17 Å². The number of rotatable bonds is 2. The third kappa shape index (κ3) is 2.93. The van der Waals surface area contributed by atoms with Crippen molar-refractivity contribution in [2.24, 2.45) is 0 Å². The molecule has 0 fully saturated rings. The molecule has 0 aliphatic carbocycles. The summed E-state index contributed by atoms with van der Waals surface area (Å²) in [6, 6.07) is 5.96. The van der Waals surface area contributed by atoms with Gasteiger partial charge < -0.3 is 15.5 Å². The molecule has 0 saturated carbocycles. The van der Waals surface area contributed by atoms with E-state index in [1.165, 1.54) is 10.4 Å². The Kier molecular flexibility index (Phi) is 4.44. The van der Waals surface area contributed by atoms with Crippen LogP contribution in [0, 0.1) is 0 Å². The minimum absolute atomic E-state index is 0.0415. The fourth-order valence-electron chi connectivity index (χ4n) is 3.64. The van der Waals surface area contributed by atoms with Crippen LogP contribution < -0.4 is 15.5 Å². The van der Waals surface area contributed by atoms with E-state index in [9.17, 15) is 4.79 Å². The largest absolute Gasteiger partial charge is 0.353 e. The first-order valence-electron chi connectivity index (χ1n) is 8.46. The number of fused-ring (bicyclic) bond motifs is 3. The maximum atomic E-state index is 12.8. The number of hydrogen-bond donors (Lipinski definition) is 3. The van der Waals surface area contributed by atoms with Crippen molar-refractivity contribution in [3.8, 4) is 0 Å². The number of anilines is 1. The zero-order valence-corrected chi connectivity index (χ0v) is 16.4. The number of quaternary nitrogens is 1. The van der Waals surface area contributed by atoms with Gasteiger partial charge in [0, 0.05) is 22.0 Å². The van der Waals surface area contributed by atoms with Gasteiger partial charge in [-0.1, -0.05) is 29.3 Å². The summed E-state index contributed by atoms with van der Waals surface area (Å²) in [6.07, 6.45) is 0.538. The summed E-state index contributed by atoms with van der Waals surface area (Å²) in [5, 5.41) is 8.48. The van der Waals surface area contributed by atoms with Gasteiger partial charge in [0.15, 0.2) is 0 Å². The lowest BCUT2D eigenvalue weighted by Crippen LogP contribution is -3.14. The maximum Gasteiger partial charge on any atom is 0.256 e. The Morgan fingerprint density at radius 2 is 1.96 bits per heavy atom. The van der Waals surface area contributed by atoms with Gasteiger partial charge in [-0.3, -0.25) is 4.79 Å². The SMILES string of the molecule is CC(C)[NH+]1CCc2c(sc3c2C(=O)N[C@H](c2c(Cl)cccc2Cl)N3)C1. The quantitative estimate of drug-likeness (QED) is 0.729. The average molecular weight is 397 g/mol. The zero-order chi connectivity index (χ0) is 17.7. The lowest BCUT2D eigenvalue weighted by molar-refractivity contribution is -0.936. The Labute approximate surface area is 161 Å². The van der Waals surface area contributed by atoms with Crippen LogP contribution >= 0.6 is 34.5 Å². The number of thiophene rings is 1. The molecule has 0 radical (unpaired) electrons. The predicted octanol–water partition coefficient (Wildman–Crippen LogP) is 3.26. The highest BCUT2D eigenvalue weighted by Gasteiger charge is 2.36. The molecule has 4 nitrogen and oxygen atoms in total. The Morgan fingerprint density at radius 1 is 1.24 bits per heavy atom. The van der Waals surface area contributed by atoms with Gasteiger partial charge in [0.05, 0.1) is 23.0 Å². The van der Waals surface area contributed by atoms with Crippen LogP contribution in [0.3, 0.4) is 0 Å². The normalized spacial score (nSPS) is 22.2. The third-order valence-electron chi connectivity index (χ3n) is 5.06. The Morgan fingerprint density at radius 3 is 2.64 bits per heavy atom. The van der Waals surface area contributed by atoms with Crippen LogP contribution in [0.4, 0.5) is 5.00 Å². The first-order chi connectivity index (χ1) is 12.0. The lowest BCUT2D eigenvalue weighted by atomic mass is 9.99. The maximum absolute atomic E-state index is 12.8. The average Bonchev–Trinajstić information content (AvgIpc) is 2.92. The molecule has 1 aromatic heterocycles. The van der Waals surface area contributed by atoms with Crippen molar-refractivity contribution in [2.45, 2.75) is 39.0 Å². The van der Waals surface area contributed by atoms with E-state index in [1.807, 2.05) is 0 Å². The number of nitrogens with one attached hydrogen (secondary N) is 3. The molecule has 2 atom stereocenters. The van der Waals surface area contributed by atoms with Crippen LogP contribution in [-0.4, -0.2) is 18.5 Å². The minimum Gasteiger partial charge on any atom is -0.353 e. The van der Waals surface area contributed by atoms with E-state index in [-0.39, 0.29) is 5.91 Å². The fraction of sp³-hybridized carbons (Fsp3) is 0.389. The monoisotopic (exact) mass is 396 g/mol. The highest BCUT2D eigenvalue weighted by Crippen LogP contribution is 2.41. The van der Waals surface area contributed by atoms with Crippen LogP contribution in [0.1, 0.15) is 46.4 Å². The van der Waals surface area contributed by atoms with Crippen molar-refractivity contribution in [3.63, 3.8) is 0 Å². The lowest BCUT2D eigenvalue weighted by Gasteiger charge is -2.29. The van der Waals surface area contributed by atoms with E-state index in [2.05, 4.69) is 24.5 Å². The smallest absolute Gasteiger partial charge is 0.256 e. The molecule has 1 amide bonds. The second-order valence-electron chi connectivity index (χ2n) is 6.88. The number of hydrogen-bond acceptors (Lipinski definition) is 3. The van der Waals surface area contributed by atoms with Gasteiger partial charge in [-0.2, -0.15) is 0 Å². The molecule has 3 N–H and O–H groups in total. The molecular weight excluding hydrogens is 377 g/mol. The van der Waals surface area contributed by atoms with Crippen molar-refractivity contribution in [2.75, 3.05) is 11.9 Å². The summed E-state index contributed by atoms with van der Waals surface area (Å²) in [7, 11) is 0. The first kappa shape index (κ1) is 17.2. The van der Waals surface area contributed by atoms with Gasteiger partial charge in [-0.25, -0.2) is 0 Å². The van der Waals surface area contributed by atoms with Gasteiger partial charge in [-0.15, -0.1) is 11.3 Å². The Bertz CT molecular complexity index is 829. The van der Waals surface area contributed by atoms with Crippen molar-refractivity contribution in [3.05, 3.63) is 49.8 Å². The zero-order valence-electron chi connectivity index (χ0n) is 14.1. The summed E-state index contributed by atoms with van der Waals surface area (Å²) in [6.45, 7) is 6.54. The van der Waals surface area contributed by atoms with E-state index in [1.54, 1.807) is 34.4 Å². The van der Waals surface area contributed by atoms with Crippen LogP contribution in [-0.2, 0) is 13.0 Å². The summed E-state index contributed by atoms with van der Waals surface area (Å²) in [5.74, 6) is -0.0415. The summed E-state index contributed by atoms with van der Waals surface area (Å²) < 4.78 is 0. The molecule has 1 aromatic carbocycles. The van der Waals surface area contributed by atoms with Gasteiger partial charge in [-0.05, 0) is 31.5 Å².